The third-order valence-electron chi connectivity index (χ3n) is 6.34. The maximum absolute atomic E-state index is 12.8. The smallest absolute Gasteiger partial charge is 0.251 e. The van der Waals surface area contributed by atoms with Crippen molar-refractivity contribution in [1.82, 2.24) is 5.32 Å². The van der Waals surface area contributed by atoms with Gasteiger partial charge in [-0.25, -0.2) is 0 Å². The van der Waals surface area contributed by atoms with Crippen LogP contribution in [0.4, 0.5) is 0 Å². The van der Waals surface area contributed by atoms with Crippen LogP contribution in [0.3, 0.4) is 0 Å². The van der Waals surface area contributed by atoms with Gasteiger partial charge in [-0.3, -0.25) is 4.79 Å². The minimum Gasteiger partial charge on any atom is -0.494 e. The number of rotatable bonds is 6. The Hall–Kier alpha value is -3.58. The second kappa shape index (κ2) is 9.70. The maximum Gasteiger partial charge on any atom is 0.251 e. The molecule has 0 heterocycles. The topological polar surface area (TPSA) is 62.1 Å². The fourth-order valence-corrected chi connectivity index (χ4v) is 4.48. The van der Waals surface area contributed by atoms with Crippen LogP contribution in [-0.2, 0) is 5.41 Å². The lowest BCUT2D eigenvalue weighted by atomic mass is 9.69. The minimum absolute atomic E-state index is 0.0580. The van der Waals surface area contributed by atoms with Crippen molar-refractivity contribution in [2.24, 2.45) is 0 Å². The molecule has 1 fully saturated rings. The van der Waals surface area contributed by atoms with E-state index in [2.05, 4.69) is 23.5 Å². The fourth-order valence-electron chi connectivity index (χ4n) is 4.48. The van der Waals surface area contributed by atoms with Gasteiger partial charge in [-0.15, -0.1) is 0 Å². The largest absolute Gasteiger partial charge is 0.494 e. The van der Waals surface area contributed by atoms with Gasteiger partial charge in [0.05, 0.1) is 18.1 Å². The summed E-state index contributed by atoms with van der Waals surface area (Å²) in [5.41, 5.74) is 3.37. The molecular formula is C28H28N2O2. The summed E-state index contributed by atoms with van der Waals surface area (Å²) in [4.78, 5) is 12.8. The molecule has 0 aliphatic heterocycles. The molecule has 3 aromatic rings. The number of ether oxygens (including phenoxy) is 1. The molecule has 0 aromatic heterocycles. The number of hydrogen-bond donors (Lipinski definition) is 1. The normalized spacial score (nSPS) is 20.2. The lowest BCUT2D eigenvalue weighted by Gasteiger charge is -2.35. The summed E-state index contributed by atoms with van der Waals surface area (Å²) in [6.45, 7) is 2.55. The lowest BCUT2D eigenvalue weighted by Crippen LogP contribution is -2.41. The van der Waals surface area contributed by atoms with E-state index in [9.17, 15) is 10.1 Å². The van der Waals surface area contributed by atoms with E-state index in [4.69, 9.17) is 4.74 Å². The highest BCUT2D eigenvalue weighted by Gasteiger charge is 2.37. The van der Waals surface area contributed by atoms with Crippen LogP contribution < -0.4 is 10.1 Å². The Bertz CT molecular complexity index is 1090. The van der Waals surface area contributed by atoms with Crippen LogP contribution in [0.5, 0.6) is 5.75 Å². The number of nitrogens with zero attached hydrogens (tertiary/aromatic N) is 1. The molecule has 3 aromatic carbocycles. The summed E-state index contributed by atoms with van der Waals surface area (Å²) in [6, 6.07) is 28.4. The SMILES string of the molecule is CCOc1cccc(C2(C#N)CCC(NC(=O)c3ccc(-c4ccccc4)cc3)CC2)c1. The van der Waals surface area contributed by atoms with Gasteiger partial charge >= 0.3 is 0 Å². The number of benzene rings is 3. The van der Waals surface area contributed by atoms with Crippen LogP contribution in [0.1, 0.15) is 48.5 Å². The number of carbonyl (C=O) groups excluding carboxylic acids is 1. The van der Waals surface area contributed by atoms with Crippen molar-refractivity contribution in [3.63, 3.8) is 0 Å². The van der Waals surface area contributed by atoms with Gasteiger partial charge in [0.25, 0.3) is 5.91 Å². The highest BCUT2D eigenvalue weighted by Crippen LogP contribution is 2.40. The summed E-state index contributed by atoms with van der Waals surface area (Å²) in [7, 11) is 0. The number of hydrogen-bond acceptors (Lipinski definition) is 3. The molecule has 4 nitrogen and oxygen atoms in total. The van der Waals surface area contributed by atoms with Gasteiger partial charge in [0, 0.05) is 11.6 Å². The number of amides is 1. The molecule has 0 unspecified atom stereocenters. The number of nitriles is 1. The molecular weight excluding hydrogens is 396 g/mol. The standard InChI is InChI=1S/C28H28N2O2/c1-2-32-26-10-6-9-24(19-26)28(20-29)17-15-25(16-18-28)30-27(31)23-13-11-22(12-14-23)21-7-4-3-5-8-21/h3-14,19,25H,2,15-18H2,1H3,(H,30,31). The summed E-state index contributed by atoms with van der Waals surface area (Å²) in [5.74, 6) is 0.742. The average molecular weight is 425 g/mol. The summed E-state index contributed by atoms with van der Waals surface area (Å²) >= 11 is 0. The summed E-state index contributed by atoms with van der Waals surface area (Å²) in [5, 5.41) is 13.2. The molecule has 32 heavy (non-hydrogen) atoms. The molecule has 0 radical (unpaired) electrons. The number of nitrogens with one attached hydrogen (secondary N) is 1. The van der Waals surface area contributed by atoms with Gasteiger partial charge in [0.15, 0.2) is 0 Å². The Morgan fingerprint density at radius 2 is 1.69 bits per heavy atom. The molecule has 0 saturated heterocycles. The van der Waals surface area contributed by atoms with Crippen LogP contribution in [0.15, 0.2) is 78.9 Å². The van der Waals surface area contributed by atoms with Gasteiger partial charge in [-0.1, -0.05) is 54.6 Å². The van der Waals surface area contributed by atoms with Crippen molar-refractivity contribution >= 4 is 5.91 Å². The zero-order valence-corrected chi connectivity index (χ0v) is 18.4. The fraction of sp³-hybridized carbons (Fsp3) is 0.286. The predicted molar refractivity (Wildman–Crippen MR) is 127 cm³/mol. The first kappa shape index (κ1) is 21.6. The second-order valence-electron chi connectivity index (χ2n) is 8.35. The summed E-state index contributed by atoms with van der Waals surface area (Å²) in [6.07, 6.45) is 2.99. The van der Waals surface area contributed by atoms with Crippen LogP contribution in [0, 0.1) is 11.3 Å². The van der Waals surface area contributed by atoms with Gasteiger partial charge in [0.2, 0.25) is 0 Å². The molecule has 0 spiro atoms. The minimum atomic E-state index is -0.522. The van der Waals surface area contributed by atoms with Crippen molar-refractivity contribution in [2.45, 2.75) is 44.1 Å². The van der Waals surface area contributed by atoms with Crippen LogP contribution in [0.25, 0.3) is 11.1 Å². The van der Waals surface area contributed by atoms with Gasteiger partial charge in [-0.2, -0.15) is 5.26 Å². The highest BCUT2D eigenvalue weighted by molar-refractivity contribution is 5.94. The number of carbonyl (C=O) groups is 1. The molecule has 1 aliphatic carbocycles. The van der Waals surface area contributed by atoms with Crippen molar-refractivity contribution in [1.29, 1.82) is 5.26 Å². The van der Waals surface area contributed by atoms with Gasteiger partial charge < -0.3 is 10.1 Å². The molecule has 162 valence electrons. The first-order valence-electron chi connectivity index (χ1n) is 11.2. The van der Waals surface area contributed by atoms with E-state index in [0.717, 1.165) is 48.1 Å². The third kappa shape index (κ3) is 4.68. The second-order valence-corrected chi connectivity index (χ2v) is 8.35. The maximum atomic E-state index is 12.8. The van der Waals surface area contributed by atoms with Crippen LogP contribution in [-0.4, -0.2) is 18.6 Å². The average Bonchev–Trinajstić information content (AvgIpc) is 2.86. The zero-order valence-electron chi connectivity index (χ0n) is 18.4. The van der Waals surface area contributed by atoms with E-state index in [0.29, 0.717) is 12.2 Å². The van der Waals surface area contributed by atoms with Crippen molar-refractivity contribution in [3.8, 4) is 22.9 Å². The molecule has 1 N–H and O–H groups in total. The molecule has 0 bridgehead atoms. The van der Waals surface area contributed by atoms with E-state index in [1.165, 1.54) is 0 Å². The third-order valence-corrected chi connectivity index (χ3v) is 6.34. The molecule has 1 aliphatic rings. The van der Waals surface area contributed by atoms with Crippen molar-refractivity contribution < 1.29 is 9.53 Å². The van der Waals surface area contributed by atoms with E-state index < -0.39 is 5.41 Å². The molecule has 1 amide bonds. The Morgan fingerprint density at radius 1 is 1.00 bits per heavy atom. The Morgan fingerprint density at radius 3 is 2.34 bits per heavy atom. The van der Waals surface area contributed by atoms with Crippen LogP contribution in [0.2, 0.25) is 0 Å². The zero-order chi connectivity index (χ0) is 22.4. The van der Waals surface area contributed by atoms with E-state index in [1.807, 2.05) is 73.7 Å². The molecule has 4 rings (SSSR count). The first-order valence-corrected chi connectivity index (χ1v) is 11.2. The monoisotopic (exact) mass is 424 g/mol. The van der Waals surface area contributed by atoms with Gasteiger partial charge in [-0.05, 0) is 73.6 Å². The molecule has 0 atom stereocenters. The Balaban J connectivity index is 1.38. The molecule has 1 saturated carbocycles. The lowest BCUT2D eigenvalue weighted by molar-refractivity contribution is 0.0922. The Labute approximate surface area is 189 Å². The first-order chi connectivity index (χ1) is 15.6. The molecule has 4 heteroatoms. The van der Waals surface area contributed by atoms with E-state index in [-0.39, 0.29) is 11.9 Å². The van der Waals surface area contributed by atoms with E-state index in [1.54, 1.807) is 0 Å². The van der Waals surface area contributed by atoms with Crippen molar-refractivity contribution in [2.75, 3.05) is 6.61 Å². The highest BCUT2D eigenvalue weighted by atomic mass is 16.5. The summed E-state index contributed by atoms with van der Waals surface area (Å²) < 4.78 is 5.62. The quantitative estimate of drug-likeness (QED) is 0.537. The van der Waals surface area contributed by atoms with Gasteiger partial charge in [0.1, 0.15) is 5.75 Å². The van der Waals surface area contributed by atoms with E-state index >= 15 is 0 Å². The predicted octanol–water partition coefficient (Wildman–Crippen LogP) is 5.89. The van der Waals surface area contributed by atoms with Crippen molar-refractivity contribution in [3.05, 3.63) is 90.0 Å². The Kier molecular flexibility index (Phi) is 6.56. The van der Waals surface area contributed by atoms with Crippen LogP contribution >= 0.6 is 0 Å².